The predicted octanol–water partition coefficient (Wildman–Crippen LogP) is 5.40. The largest absolute Gasteiger partial charge is 0.493 e. The molecule has 3 aromatic rings. The number of amides is 4. The fourth-order valence-electron chi connectivity index (χ4n) is 3.77. The van der Waals surface area contributed by atoms with Crippen LogP contribution in [0.15, 0.2) is 70.7 Å². The molecule has 0 unspecified atom stereocenters. The molecule has 1 saturated heterocycles. The van der Waals surface area contributed by atoms with E-state index in [0.717, 1.165) is 16.0 Å². The Balaban J connectivity index is 1.65. The molecule has 1 N–H and O–H groups in total. The summed E-state index contributed by atoms with van der Waals surface area (Å²) in [5.41, 5.74) is 2.25. The minimum Gasteiger partial charge on any atom is -0.493 e. The van der Waals surface area contributed by atoms with E-state index in [2.05, 4.69) is 21.2 Å². The summed E-state index contributed by atoms with van der Waals surface area (Å²) in [6.07, 6.45) is 1.99. The van der Waals surface area contributed by atoms with Gasteiger partial charge in [-0.05, 0) is 75.4 Å². The van der Waals surface area contributed by atoms with Gasteiger partial charge in [0.1, 0.15) is 18.0 Å². The molecular formula is C27H22BrFN2O5. The number of benzene rings is 3. The van der Waals surface area contributed by atoms with Gasteiger partial charge in [0.25, 0.3) is 11.8 Å². The molecule has 7 nitrogen and oxygen atoms in total. The van der Waals surface area contributed by atoms with Crippen molar-refractivity contribution in [1.29, 1.82) is 0 Å². The first-order chi connectivity index (χ1) is 17.3. The smallest absolute Gasteiger partial charge is 0.335 e. The first kappa shape index (κ1) is 25.1. The van der Waals surface area contributed by atoms with E-state index in [1.807, 2.05) is 19.1 Å². The van der Waals surface area contributed by atoms with Crippen molar-refractivity contribution in [3.8, 4) is 11.5 Å². The Bertz CT molecular complexity index is 1370. The zero-order valence-electron chi connectivity index (χ0n) is 19.5. The molecule has 0 saturated carbocycles. The first-order valence-electron chi connectivity index (χ1n) is 11.1. The van der Waals surface area contributed by atoms with Crippen molar-refractivity contribution in [2.24, 2.45) is 0 Å². The van der Waals surface area contributed by atoms with Crippen LogP contribution < -0.4 is 19.7 Å². The maximum absolute atomic E-state index is 13.3. The molecule has 184 valence electrons. The highest BCUT2D eigenvalue weighted by molar-refractivity contribution is 9.10. The van der Waals surface area contributed by atoms with Crippen molar-refractivity contribution >= 4 is 45.5 Å². The summed E-state index contributed by atoms with van der Waals surface area (Å²) >= 11 is 3.45. The average Bonchev–Trinajstić information content (AvgIpc) is 2.86. The number of para-hydroxylation sites is 1. The first-order valence-corrected chi connectivity index (χ1v) is 11.9. The van der Waals surface area contributed by atoms with E-state index in [1.54, 1.807) is 36.4 Å². The van der Waals surface area contributed by atoms with E-state index in [1.165, 1.54) is 25.3 Å². The summed E-state index contributed by atoms with van der Waals surface area (Å²) in [7, 11) is 1.46. The zero-order valence-corrected chi connectivity index (χ0v) is 21.1. The number of hydrogen-bond donors (Lipinski definition) is 1. The van der Waals surface area contributed by atoms with Crippen LogP contribution in [-0.2, 0) is 22.6 Å². The molecule has 0 aromatic heterocycles. The molecule has 0 aliphatic carbocycles. The van der Waals surface area contributed by atoms with Gasteiger partial charge in [0.2, 0.25) is 0 Å². The van der Waals surface area contributed by atoms with Crippen LogP contribution in [0.1, 0.15) is 23.6 Å². The van der Waals surface area contributed by atoms with Crippen molar-refractivity contribution in [2.45, 2.75) is 20.0 Å². The minimum atomic E-state index is -0.800. The van der Waals surface area contributed by atoms with E-state index in [4.69, 9.17) is 9.47 Å². The highest BCUT2D eigenvalue weighted by atomic mass is 79.9. The molecule has 1 aliphatic rings. The fraction of sp³-hybridized carbons (Fsp3) is 0.148. The molecule has 0 bridgehead atoms. The van der Waals surface area contributed by atoms with E-state index >= 15 is 0 Å². The van der Waals surface area contributed by atoms with Crippen LogP contribution in [0.25, 0.3) is 6.08 Å². The Labute approximate surface area is 215 Å². The van der Waals surface area contributed by atoms with Gasteiger partial charge in [0.05, 0.1) is 17.3 Å². The number of rotatable bonds is 7. The summed E-state index contributed by atoms with van der Waals surface area (Å²) in [6.45, 7) is 2.08. The summed E-state index contributed by atoms with van der Waals surface area (Å²) in [4.78, 5) is 39.4. The molecule has 4 rings (SSSR count). The lowest BCUT2D eigenvalue weighted by atomic mass is 10.0. The third-order valence-corrected chi connectivity index (χ3v) is 6.16. The molecule has 0 spiro atoms. The van der Waals surface area contributed by atoms with Crippen LogP contribution in [0.3, 0.4) is 0 Å². The van der Waals surface area contributed by atoms with Crippen molar-refractivity contribution in [2.75, 3.05) is 12.0 Å². The number of carbonyl (C=O) groups is 3. The second kappa shape index (κ2) is 10.7. The lowest BCUT2D eigenvalue weighted by Crippen LogP contribution is -2.54. The normalized spacial score (nSPS) is 14.7. The molecule has 0 atom stereocenters. The number of hydrogen-bond acceptors (Lipinski definition) is 5. The molecule has 9 heteroatoms. The van der Waals surface area contributed by atoms with Crippen molar-refractivity contribution in [1.82, 2.24) is 5.32 Å². The number of methoxy groups -OCH3 is 1. The van der Waals surface area contributed by atoms with Crippen LogP contribution in [0, 0.1) is 5.82 Å². The summed E-state index contributed by atoms with van der Waals surface area (Å²) in [5.74, 6) is -1.10. The molecule has 1 heterocycles. The Hall–Kier alpha value is -3.98. The van der Waals surface area contributed by atoms with E-state index in [0.29, 0.717) is 33.6 Å². The SMILES string of the molecule is CCc1ccccc1N1C(=O)NC(=O)/C(=C/c2cc(Br)c(OCc3ccc(F)cc3)c(OC)c2)C1=O. The summed E-state index contributed by atoms with van der Waals surface area (Å²) in [6, 6.07) is 15.4. The third-order valence-electron chi connectivity index (χ3n) is 5.57. The lowest BCUT2D eigenvalue weighted by Gasteiger charge is -2.28. The van der Waals surface area contributed by atoms with Gasteiger partial charge in [-0.15, -0.1) is 0 Å². The van der Waals surface area contributed by atoms with Crippen LogP contribution in [-0.4, -0.2) is 25.0 Å². The number of nitrogens with one attached hydrogen (secondary N) is 1. The topological polar surface area (TPSA) is 84.9 Å². The van der Waals surface area contributed by atoms with Crippen molar-refractivity contribution in [3.05, 3.63) is 93.2 Å². The number of halogens is 2. The maximum Gasteiger partial charge on any atom is 0.335 e. The van der Waals surface area contributed by atoms with Gasteiger partial charge >= 0.3 is 6.03 Å². The van der Waals surface area contributed by atoms with Crippen LogP contribution in [0.4, 0.5) is 14.9 Å². The second-order valence-corrected chi connectivity index (χ2v) is 8.74. The van der Waals surface area contributed by atoms with E-state index in [9.17, 15) is 18.8 Å². The number of nitrogens with zero attached hydrogens (tertiary/aromatic N) is 1. The van der Waals surface area contributed by atoms with Gasteiger partial charge < -0.3 is 9.47 Å². The number of barbiturate groups is 1. The Kier molecular flexibility index (Phi) is 7.49. The Morgan fingerprint density at radius 3 is 2.47 bits per heavy atom. The molecule has 4 amide bonds. The van der Waals surface area contributed by atoms with E-state index < -0.39 is 17.8 Å². The predicted molar refractivity (Wildman–Crippen MR) is 136 cm³/mol. The number of urea groups is 1. The molecule has 3 aromatic carbocycles. The van der Waals surface area contributed by atoms with Crippen molar-refractivity contribution < 1.29 is 28.2 Å². The standard InChI is InChI=1S/C27H22BrFN2O5/c1-3-18-6-4-5-7-22(18)31-26(33)20(25(32)30-27(31)34)12-17-13-21(28)24(23(14-17)35-2)36-15-16-8-10-19(29)11-9-16/h4-14H,3,15H2,1-2H3,(H,30,32,34)/b20-12-. The quantitative estimate of drug-likeness (QED) is 0.313. The van der Waals surface area contributed by atoms with Crippen LogP contribution >= 0.6 is 15.9 Å². The van der Waals surface area contributed by atoms with E-state index in [-0.39, 0.29) is 18.0 Å². The van der Waals surface area contributed by atoms with Gasteiger partial charge in [-0.25, -0.2) is 14.1 Å². The van der Waals surface area contributed by atoms with Crippen LogP contribution in [0.2, 0.25) is 0 Å². The van der Waals surface area contributed by atoms with Gasteiger partial charge in [-0.1, -0.05) is 37.3 Å². The van der Waals surface area contributed by atoms with Gasteiger partial charge in [-0.3, -0.25) is 14.9 Å². The van der Waals surface area contributed by atoms with Crippen LogP contribution in [0.5, 0.6) is 11.5 Å². The number of ether oxygens (including phenoxy) is 2. The summed E-state index contributed by atoms with van der Waals surface area (Å²) < 4.78 is 25.0. The Morgan fingerprint density at radius 2 is 1.78 bits per heavy atom. The van der Waals surface area contributed by atoms with Gasteiger partial charge in [-0.2, -0.15) is 0 Å². The number of imide groups is 2. The highest BCUT2D eigenvalue weighted by Gasteiger charge is 2.37. The molecule has 1 fully saturated rings. The molecule has 0 radical (unpaired) electrons. The minimum absolute atomic E-state index is 0.171. The number of anilines is 1. The second-order valence-electron chi connectivity index (χ2n) is 7.89. The molecule has 36 heavy (non-hydrogen) atoms. The van der Waals surface area contributed by atoms with Gasteiger partial charge in [0.15, 0.2) is 11.5 Å². The number of carbonyl (C=O) groups excluding carboxylic acids is 3. The molecular weight excluding hydrogens is 531 g/mol. The highest BCUT2D eigenvalue weighted by Crippen LogP contribution is 2.38. The number of aryl methyl sites for hydroxylation is 1. The zero-order chi connectivity index (χ0) is 25.8. The summed E-state index contributed by atoms with van der Waals surface area (Å²) in [5, 5.41) is 2.24. The Morgan fingerprint density at radius 1 is 1.06 bits per heavy atom. The maximum atomic E-state index is 13.3. The third kappa shape index (κ3) is 5.16. The van der Waals surface area contributed by atoms with Crippen molar-refractivity contribution in [3.63, 3.8) is 0 Å². The molecule has 1 aliphatic heterocycles. The fourth-order valence-corrected chi connectivity index (χ4v) is 4.34. The average molecular weight is 553 g/mol. The monoisotopic (exact) mass is 552 g/mol. The lowest BCUT2D eigenvalue weighted by molar-refractivity contribution is -0.122. The van der Waals surface area contributed by atoms with Gasteiger partial charge in [0, 0.05) is 0 Å².